The van der Waals surface area contributed by atoms with Crippen molar-refractivity contribution in [3.8, 4) is 0 Å². The van der Waals surface area contributed by atoms with Gasteiger partial charge in [-0.15, -0.1) is 0 Å². The first-order valence-corrected chi connectivity index (χ1v) is 8.67. The predicted molar refractivity (Wildman–Crippen MR) is 83.0 cm³/mol. The van der Waals surface area contributed by atoms with Gasteiger partial charge in [-0.05, 0) is 30.5 Å². The molecule has 1 aliphatic rings. The van der Waals surface area contributed by atoms with Gasteiger partial charge in [-0.2, -0.15) is 8.42 Å². The summed E-state index contributed by atoms with van der Waals surface area (Å²) in [5, 5.41) is 7.69. The Morgan fingerprint density at radius 1 is 1.24 bits per heavy atom. The number of amides is 1. The van der Waals surface area contributed by atoms with Crippen molar-refractivity contribution in [1.82, 2.24) is 0 Å². The fraction of sp³-hybridized carbons (Fsp3) is 0.500. The fourth-order valence-electron chi connectivity index (χ4n) is 2.68. The third kappa shape index (κ3) is 5.73. The lowest BCUT2D eigenvalue weighted by Crippen LogP contribution is -2.21. The van der Waals surface area contributed by atoms with Crippen molar-refractivity contribution >= 4 is 27.5 Å². The standard InChI is InChI=1S/C14H21N3O3S/c15-21(19,20)17-13-7-3-6-12(10-13)16-14(18)9-8-11-4-1-2-5-11/h3,6-7,10-11,17H,1-2,4-5,8-9H2,(H,16,18)(H2,15,19,20). The molecular formula is C14H21N3O3S. The van der Waals surface area contributed by atoms with Crippen LogP contribution in [0.5, 0.6) is 0 Å². The first-order valence-electron chi connectivity index (χ1n) is 7.13. The van der Waals surface area contributed by atoms with Gasteiger partial charge in [-0.25, -0.2) is 5.14 Å². The van der Waals surface area contributed by atoms with E-state index in [0.29, 0.717) is 23.7 Å². The van der Waals surface area contributed by atoms with Gasteiger partial charge in [-0.3, -0.25) is 9.52 Å². The topological polar surface area (TPSA) is 101 Å². The van der Waals surface area contributed by atoms with E-state index in [-0.39, 0.29) is 5.91 Å². The molecule has 0 saturated heterocycles. The van der Waals surface area contributed by atoms with Crippen LogP contribution in [-0.4, -0.2) is 14.3 Å². The molecule has 0 spiro atoms. The van der Waals surface area contributed by atoms with Crippen LogP contribution in [-0.2, 0) is 15.0 Å². The summed E-state index contributed by atoms with van der Waals surface area (Å²) in [6, 6.07) is 6.47. The van der Waals surface area contributed by atoms with Crippen molar-refractivity contribution in [3.63, 3.8) is 0 Å². The maximum absolute atomic E-state index is 11.9. The molecule has 0 atom stereocenters. The average Bonchev–Trinajstić information content (AvgIpc) is 2.87. The maximum Gasteiger partial charge on any atom is 0.296 e. The molecular weight excluding hydrogens is 290 g/mol. The molecule has 0 unspecified atom stereocenters. The van der Waals surface area contributed by atoms with Crippen molar-refractivity contribution in [2.45, 2.75) is 38.5 Å². The molecule has 0 aliphatic heterocycles. The van der Waals surface area contributed by atoms with Gasteiger partial charge in [-0.1, -0.05) is 31.7 Å². The molecule has 2 rings (SSSR count). The van der Waals surface area contributed by atoms with Crippen LogP contribution < -0.4 is 15.2 Å². The first-order chi connectivity index (χ1) is 9.92. The summed E-state index contributed by atoms with van der Waals surface area (Å²) in [4.78, 5) is 11.9. The summed E-state index contributed by atoms with van der Waals surface area (Å²) >= 11 is 0. The SMILES string of the molecule is NS(=O)(=O)Nc1cccc(NC(=O)CCC2CCCC2)c1. The predicted octanol–water partition coefficient (Wildman–Crippen LogP) is 2.21. The number of carbonyl (C=O) groups is 1. The highest BCUT2D eigenvalue weighted by Crippen LogP contribution is 2.28. The van der Waals surface area contributed by atoms with Crippen LogP contribution in [0.3, 0.4) is 0 Å². The number of carbonyl (C=O) groups excluding carboxylic acids is 1. The van der Waals surface area contributed by atoms with E-state index in [2.05, 4.69) is 10.0 Å². The summed E-state index contributed by atoms with van der Waals surface area (Å²) in [7, 11) is -3.81. The van der Waals surface area contributed by atoms with Crippen LogP contribution in [0.4, 0.5) is 11.4 Å². The zero-order valence-corrected chi connectivity index (χ0v) is 12.7. The van der Waals surface area contributed by atoms with E-state index in [4.69, 9.17) is 5.14 Å². The Balaban J connectivity index is 1.86. The minimum atomic E-state index is -3.81. The number of hydrogen-bond acceptors (Lipinski definition) is 3. The number of anilines is 2. The lowest BCUT2D eigenvalue weighted by atomic mass is 10.0. The molecule has 1 aromatic carbocycles. The minimum Gasteiger partial charge on any atom is -0.326 e. The third-order valence-electron chi connectivity index (χ3n) is 3.66. The molecule has 4 N–H and O–H groups in total. The van der Waals surface area contributed by atoms with Crippen molar-refractivity contribution in [2.75, 3.05) is 10.0 Å². The molecule has 0 radical (unpaired) electrons. The van der Waals surface area contributed by atoms with E-state index in [1.165, 1.54) is 31.7 Å². The maximum atomic E-state index is 11.9. The largest absolute Gasteiger partial charge is 0.326 e. The van der Waals surface area contributed by atoms with Crippen LogP contribution in [0.15, 0.2) is 24.3 Å². The van der Waals surface area contributed by atoms with Gasteiger partial charge in [0.1, 0.15) is 0 Å². The van der Waals surface area contributed by atoms with Gasteiger partial charge in [0.15, 0.2) is 0 Å². The smallest absolute Gasteiger partial charge is 0.296 e. The Morgan fingerprint density at radius 2 is 1.90 bits per heavy atom. The van der Waals surface area contributed by atoms with E-state index >= 15 is 0 Å². The van der Waals surface area contributed by atoms with Crippen molar-refractivity contribution in [2.24, 2.45) is 11.1 Å². The van der Waals surface area contributed by atoms with Crippen LogP contribution in [0.1, 0.15) is 38.5 Å². The second kappa shape index (κ2) is 6.91. The second-order valence-corrected chi connectivity index (χ2v) is 6.76. The Labute approximate surface area is 125 Å². The number of hydrogen-bond donors (Lipinski definition) is 3. The Kier molecular flexibility index (Phi) is 5.19. The van der Waals surface area contributed by atoms with Gasteiger partial charge >= 0.3 is 0 Å². The molecule has 1 aliphatic carbocycles. The summed E-state index contributed by atoms with van der Waals surface area (Å²) in [6.45, 7) is 0. The third-order valence-corrected chi connectivity index (χ3v) is 4.18. The van der Waals surface area contributed by atoms with Gasteiger partial charge in [0, 0.05) is 12.1 Å². The normalized spacial score (nSPS) is 15.9. The molecule has 0 bridgehead atoms. The molecule has 1 amide bonds. The number of rotatable bonds is 6. The highest BCUT2D eigenvalue weighted by Gasteiger charge is 2.16. The number of benzene rings is 1. The Hall–Kier alpha value is -1.60. The zero-order chi connectivity index (χ0) is 15.3. The Morgan fingerprint density at radius 3 is 2.57 bits per heavy atom. The number of nitrogens with two attached hydrogens (primary N) is 1. The molecule has 6 nitrogen and oxygen atoms in total. The van der Waals surface area contributed by atoms with Crippen LogP contribution in [0.2, 0.25) is 0 Å². The van der Waals surface area contributed by atoms with E-state index < -0.39 is 10.2 Å². The highest BCUT2D eigenvalue weighted by atomic mass is 32.2. The molecule has 116 valence electrons. The monoisotopic (exact) mass is 311 g/mol. The van der Waals surface area contributed by atoms with Gasteiger partial charge in [0.25, 0.3) is 10.2 Å². The van der Waals surface area contributed by atoms with Crippen LogP contribution >= 0.6 is 0 Å². The molecule has 0 aromatic heterocycles. The van der Waals surface area contributed by atoms with E-state index in [1.807, 2.05) is 0 Å². The molecule has 1 saturated carbocycles. The molecule has 21 heavy (non-hydrogen) atoms. The molecule has 7 heteroatoms. The van der Waals surface area contributed by atoms with Crippen LogP contribution in [0.25, 0.3) is 0 Å². The minimum absolute atomic E-state index is 0.0466. The summed E-state index contributed by atoms with van der Waals surface area (Å²) in [5.41, 5.74) is 0.881. The van der Waals surface area contributed by atoms with E-state index in [9.17, 15) is 13.2 Å². The van der Waals surface area contributed by atoms with E-state index in [0.717, 1.165) is 6.42 Å². The molecule has 1 fully saturated rings. The number of nitrogens with one attached hydrogen (secondary N) is 2. The summed E-state index contributed by atoms with van der Waals surface area (Å²) < 4.78 is 24.1. The second-order valence-electron chi connectivity index (χ2n) is 5.47. The molecule has 1 aromatic rings. The lowest BCUT2D eigenvalue weighted by Gasteiger charge is -2.10. The van der Waals surface area contributed by atoms with Crippen molar-refractivity contribution in [3.05, 3.63) is 24.3 Å². The zero-order valence-electron chi connectivity index (χ0n) is 11.8. The van der Waals surface area contributed by atoms with Gasteiger partial charge < -0.3 is 5.32 Å². The van der Waals surface area contributed by atoms with Crippen molar-refractivity contribution in [1.29, 1.82) is 0 Å². The average molecular weight is 311 g/mol. The van der Waals surface area contributed by atoms with Gasteiger partial charge in [0.05, 0.1) is 5.69 Å². The summed E-state index contributed by atoms with van der Waals surface area (Å²) in [5.74, 6) is 0.626. The lowest BCUT2D eigenvalue weighted by molar-refractivity contribution is -0.116. The Bertz CT molecular complexity index is 595. The van der Waals surface area contributed by atoms with E-state index in [1.54, 1.807) is 18.2 Å². The fourth-order valence-corrected chi connectivity index (χ4v) is 3.14. The van der Waals surface area contributed by atoms with Crippen LogP contribution in [0, 0.1) is 5.92 Å². The highest BCUT2D eigenvalue weighted by molar-refractivity contribution is 7.90. The summed E-state index contributed by atoms with van der Waals surface area (Å²) in [6.07, 6.45) is 6.40. The molecule has 0 heterocycles. The quantitative estimate of drug-likeness (QED) is 0.750. The van der Waals surface area contributed by atoms with Crippen molar-refractivity contribution < 1.29 is 13.2 Å². The first kappa shape index (κ1) is 15.8. The van der Waals surface area contributed by atoms with Gasteiger partial charge in [0.2, 0.25) is 5.91 Å².